The van der Waals surface area contributed by atoms with Crippen molar-refractivity contribution in [3.63, 3.8) is 0 Å². The van der Waals surface area contributed by atoms with Crippen molar-refractivity contribution in [3.05, 3.63) is 78.2 Å². The molecule has 1 amide bonds. The van der Waals surface area contributed by atoms with E-state index < -0.39 is 0 Å². The third-order valence-electron chi connectivity index (χ3n) is 4.88. The smallest absolute Gasteiger partial charge is 0.269 e. The van der Waals surface area contributed by atoms with Crippen LogP contribution in [0.15, 0.2) is 67.0 Å². The lowest BCUT2D eigenvalue weighted by Gasteiger charge is -2.06. The Kier molecular flexibility index (Phi) is 4.36. The molecule has 1 aromatic carbocycles. The van der Waals surface area contributed by atoms with Gasteiger partial charge in [-0.05, 0) is 48.0 Å². The van der Waals surface area contributed by atoms with Crippen LogP contribution in [0.5, 0.6) is 0 Å². The molecular formula is C22H17N7O. The van der Waals surface area contributed by atoms with Gasteiger partial charge in [0.1, 0.15) is 11.2 Å². The summed E-state index contributed by atoms with van der Waals surface area (Å²) >= 11 is 0. The maximum Gasteiger partial charge on any atom is 0.269 e. The molecule has 0 aliphatic carbocycles. The fourth-order valence-electron chi connectivity index (χ4n) is 3.32. The highest BCUT2D eigenvalue weighted by molar-refractivity contribution is 5.92. The third kappa shape index (κ3) is 3.24. The Morgan fingerprint density at radius 3 is 2.77 bits per heavy atom. The quantitative estimate of drug-likeness (QED) is 0.502. The minimum atomic E-state index is -0.224. The first-order chi connectivity index (χ1) is 14.7. The normalized spacial score (nSPS) is 11.1. The van der Waals surface area contributed by atoms with E-state index in [0.29, 0.717) is 17.9 Å². The van der Waals surface area contributed by atoms with Crippen LogP contribution in [0.2, 0.25) is 0 Å². The zero-order valence-corrected chi connectivity index (χ0v) is 16.1. The van der Waals surface area contributed by atoms with Gasteiger partial charge in [-0.3, -0.25) is 14.8 Å². The zero-order chi connectivity index (χ0) is 20.5. The number of amides is 1. The van der Waals surface area contributed by atoms with Crippen molar-refractivity contribution in [2.75, 3.05) is 7.05 Å². The van der Waals surface area contributed by atoms with Crippen LogP contribution < -0.4 is 5.32 Å². The topological polar surface area (TPSA) is 98.5 Å². The molecule has 8 nitrogen and oxygen atoms in total. The second-order valence-corrected chi connectivity index (χ2v) is 6.83. The second-order valence-electron chi connectivity index (χ2n) is 6.83. The van der Waals surface area contributed by atoms with Gasteiger partial charge in [-0.25, -0.2) is 9.67 Å². The Hall–Kier alpha value is -4.20. The summed E-state index contributed by atoms with van der Waals surface area (Å²) in [5.74, 6) is -0.224. The van der Waals surface area contributed by atoms with Crippen LogP contribution in [0.4, 0.5) is 0 Å². The van der Waals surface area contributed by atoms with Crippen LogP contribution in [-0.4, -0.2) is 42.9 Å². The zero-order valence-electron chi connectivity index (χ0n) is 16.1. The first-order valence-corrected chi connectivity index (χ1v) is 9.44. The molecule has 146 valence electrons. The molecule has 0 bridgehead atoms. The van der Waals surface area contributed by atoms with Gasteiger partial charge in [0, 0.05) is 30.4 Å². The van der Waals surface area contributed by atoms with Crippen molar-refractivity contribution in [2.24, 2.45) is 0 Å². The summed E-state index contributed by atoms with van der Waals surface area (Å²) in [6.45, 7) is 0.547. The minimum Gasteiger partial charge on any atom is -0.354 e. The van der Waals surface area contributed by atoms with Crippen LogP contribution >= 0.6 is 0 Å². The van der Waals surface area contributed by atoms with Gasteiger partial charge in [0.2, 0.25) is 0 Å². The van der Waals surface area contributed by atoms with Crippen molar-refractivity contribution < 1.29 is 4.79 Å². The number of fused-ring (bicyclic) bond motifs is 2. The van der Waals surface area contributed by atoms with Crippen molar-refractivity contribution >= 4 is 28.0 Å². The summed E-state index contributed by atoms with van der Waals surface area (Å²) in [6, 6.07) is 17.4. The maximum atomic E-state index is 11.7. The lowest BCUT2D eigenvalue weighted by molar-refractivity contribution is 0.0958. The molecule has 8 heteroatoms. The molecule has 4 aromatic heterocycles. The van der Waals surface area contributed by atoms with E-state index in [1.54, 1.807) is 30.2 Å². The Balaban J connectivity index is 1.48. The van der Waals surface area contributed by atoms with Crippen LogP contribution in [-0.2, 0) is 6.54 Å². The molecule has 5 rings (SSSR count). The first-order valence-electron chi connectivity index (χ1n) is 9.44. The highest BCUT2D eigenvalue weighted by atomic mass is 16.1. The molecule has 0 saturated carbocycles. The van der Waals surface area contributed by atoms with E-state index in [1.165, 1.54) is 0 Å². The summed E-state index contributed by atoms with van der Waals surface area (Å²) in [5.41, 5.74) is 5.37. The van der Waals surface area contributed by atoms with Crippen LogP contribution in [0.3, 0.4) is 0 Å². The van der Waals surface area contributed by atoms with E-state index in [9.17, 15) is 4.79 Å². The summed E-state index contributed by atoms with van der Waals surface area (Å²) in [6.07, 6.45) is 3.43. The van der Waals surface area contributed by atoms with E-state index in [0.717, 1.165) is 33.2 Å². The van der Waals surface area contributed by atoms with Crippen molar-refractivity contribution in [1.82, 2.24) is 35.3 Å². The van der Waals surface area contributed by atoms with Gasteiger partial charge in [0.15, 0.2) is 5.65 Å². The Morgan fingerprint density at radius 2 is 1.93 bits per heavy atom. The molecule has 0 spiro atoms. The number of hydrogen-bond acceptors (Lipinski definition) is 6. The molecule has 30 heavy (non-hydrogen) atoms. The number of carbonyl (C=O) groups excluding carboxylic acids is 1. The molecule has 4 heterocycles. The van der Waals surface area contributed by atoms with Crippen molar-refractivity contribution in [2.45, 2.75) is 6.54 Å². The summed E-state index contributed by atoms with van der Waals surface area (Å²) in [4.78, 5) is 25.0. The number of benzene rings is 1. The molecule has 0 aliphatic rings. The van der Waals surface area contributed by atoms with Gasteiger partial charge in [-0.15, -0.1) is 5.10 Å². The first kappa shape index (κ1) is 17.9. The summed E-state index contributed by atoms with van der Waals surface area (Å²) in [5, 5.41) is 12.1. The minimum absolute atomic E-state index is 0.224. The Morgan fingerprint density at radius 1 is 1.03 bits per heavy atom. The number of rotatable bonds is 4. The monoisotopic (exact) mass is 395 g/mol. The lowest BCUT2D eigenvalue weighted by Crippen LogP contribution is -2.18. The van der Waals surface area contributed by atoms with Crippen molar-refractivity contribution in [1.29, 1.82) is 0 Å². The number of nitrogens with one attached hydrogen (secondary N) is 1. The van der Waals surface area contributed by atoms with E-state index >= 15 is 0 Å². The molecule has 0 radical (unpaired) electrons. The molecule has 0 fully saturated rings. The number of carbonyl (C=O) groups is 1. The number of nitrogens with zero attached hydrogens (tertiary/aromatic N) is 6. The van der Waals surface area contributed by atoms with Crippen LogP contribution in [0.1, 0.15) is 16.1 Å². The van der Waals surface area contributed by atoms with Gasteiger partial charge in [0.25, 0.3) is 5.91 Å². The van der Waals surface area contributed by atoms with Crippen LogP contribution in [0.25, 0.3) is 33.3 Å². The van der Waals surface area contributed by atoms with Gasteiger partial charge < -0.3 is 5.32 Å². The average molecular weight is 395 g/mol. The fourth-order valence-corrected chi connectivity index (χ4v) is 3.32. The van der Waals surface area contributed by atoms with E-state index in [1.807, 2.05) is 42.5 Å². The number of pyridine rings is 3. The molecule has 1 N–H and O–H groups in total. The van der Waals surface area contributed by atoms with Crippen LogP contribution in [0, 0.1) is 0 Å². The highest BCUT2D eigenvalue weighted by Gasteiger charge is 2.11. The van der Waals surface area contributed by atoms with E-state index in [-0.39, 0.29) is 5.91 Å². The number of hydrogen-bond donors (Lipinski definition) is 1. The summed E-state index contributed by atoms with van der Waals surface area (Å²) in [7, 11) is 1.58. The predicted octanol–water partition coefficient (Wildman–Crippen LogP) is 2.84. The fraction of sp³-hybridized carbons (Fsp3) is 0.0909. The van der Waals surface area contributed by atoms with Gasteiger partial charge >= 0.3 is 0 Å². The number of aromatic nitrogens is 6. The average Bonchev–Trinajstić information content (AvgIpc) is 3.20. The third-order valence-corrected chi connectivity index (χ3v) is 4.88. The largest absolute Gasteiger partial charge is 0.354 e. The van der Waals surface area contributed by atoms with E-state index in [4.69, 9.17) is 4.98 Å². The second kappa shape index (κ2) is 7.32. The SMILES string of the molecule is CNC(=O)c1ccc(-c2ccc3nnn(Cc4ccc5ncccc5c4)c3n2)cn1. The Labute approximate surface area is 171 Å². The molecule has 0 saturated heterocycles. The van der Waals surface area contributed by atoms with Gasteiger partial charge in [0.05, 0.1) is 17.8 Å². The standard InChI is InChI=1S/C22H17N7O/c1-23-22(30)20-7-5-16(12-25-20)18-8-9-19-21(26-18)29(28-27-19)13-14-4-6-17-15(11-14)3-2-10-24-17/h2-12H,13H2,1H3,(H,23,30). The highest BCUT2D eigenvalue weighted by Crippen LogP contribution is 2.21. The summed E-state index contributed by atoms with van der Waals surface area (Å²) < 4.78 is 1.78. The van der Waals surface area contributed by atoms with Gasteiger partial charge in [-0.1, -0.05) is 17.3 Å². The van der Waals surface area contributed by atoms with Gasteiger partial charge in [-0.2, -0.15) is 0 Å². The molecule has 0 aliphatic heterocycles. The Bertz CT molecular complexity index is 1380. The molecule has 5 aromatic rings. The maximum absolute atomic E-state index is 11.7. The predicted molar refractivity (Wildman–Crippen MR) is 113 cm³/mol. The lowest BCUT2D eigenvalue weighted by atomic mass is 10.1. The molecular weight excluding hydrogens is 378 g/mol. The molecule has 0 atom stereocenters. The van der Waals surface area contributed by atoms with Crippen molar-refractivity contribution in [3.8, 4) is 11.3 Å². The molecule has 0 unspecified atom stereocenters. The van der Waals surface area contributed by atoms with E-state index in [2.05, 4.69) is 31.7 Å².